The van der Waals surface area contributed by atoms with E-state index in [9.17, 15) is 0 Å². The second kappa shape index (κ2) is 32.0. The van der Waals surface area contributed by atoms with Gasteiger partial charge in [-0.25, -0.2) is 0 Å². The lowest BCUT2D eigenvalue weighted by molar-refractivity contribution is -0.890. The van der Waals surface area contributed by atoms with Crippen molar-refractivity contribution < 1.29 is 4.48 Å². The molecule has 0 aliphatic heterocycles. The molecule has 0 heterocycles. The molecule has 0 N–H and O–H groups in total. The van der Waals surface area contributed by atoms with Crippen molar-refractivity contribution in [3.63, 3.8) is 0 Å². The van der Waals surface area contributed by atoms with Crippen LogP contribution in [0.3, 0.4) is 0 Å². The van der Waals surface area contributed by atoms with Crippen molar-refractivity contribution in [1.29, 1.82) is 0 Å². The number of rotatable bonds is 32. The molecule has 0 bridgehead atoms. The number of nitrogens with zero attached hydrogens (tertiary/aromatic N) is 1. The Morgan fingerprint density at radius 1 is 0.308 bits per heavy atom. The van der Waals surface area contributed by atoms with Crippen LogP contribution < -0.4 is 0 Å². The third kappa shape index (κ3) is 33.5. The molecule has 0 aromatic rings. The lowest BCUT2D eigenvalue weighted by Gasteiger charge is -2.30. The van der Waals surface area contributed by atoms with Crippen molar-refractivity contribution in [2.75, 3.05) is 27.2 Å². The monoisotopic (exact) mass is 547 g/mol. The zero-order valence-corrected chi connectivity index (χ0v) is 28.0. The van der Waals surface area contributed by atoms with Gasteiger partial charge in [0.05, 0.1) is 27.2 Å². The van der Waals surface area contributed by atoms with Crippen LogP contribution in [-0.2, 0) is 0 Å². The number of allylic oxidation sites excluding steroid dienone is 4. The Bertz CT molecular complexity index is 459. The van der Waals surface area contributed by atoms with Gasteiger partial charge >= 0.3 is 0 Å². The van der Waals surface area contributed by atoms with Crippen LogP contribution in [-0.4, -0.2) is 31.7 Å². The van der Waals surface area contributed by atoms with Gasteiger partial charge in [-0.2, -0.15) is 0 Å². The molecule has 0 aliphatic carbocycles. The number of unbranched alkanes of at least 4 members (excludes halogenated alkanes) is 24. The van der Waals surface area contributed by atoms with E-state index in [2.05, 4.69) is 52.2 Å². The van der Waals surface area contributed by atoms with Crippen LogP contribution in [0.4, 0.5) is 0 Å². The van der Waals surface area contributed by atoms with E-state index in [-0.39, 0.29) is 0 Å². The SMILES string of the molecule is CCCCCCCCC=CCCCCCCCC[N+](C)(C)CCCCCCCCC=CCCCCCCCC. The molecule has 0 aliphatic rings. The summed E-state index contributed by atoms with van der Waals surface area (Å²) < 4.78 is 1.23. The molecule has 0 fully saturated rings. The minimum absolute atomic E-state index is 1.23. The third-order valence-corrected chi connectivity index (χ3v) is 8.55. The molecule has 0 aromatic heterocycles. The number of quaternary nitrogens is 1. The van der Waals surface area contributed by atoms with Gasteiger partial charge in [-0.3, -0.25) is 0 Å². The summed E-state index contributed by atoms with van der Waals surface area (Å²) in [6, 6.07) is 0. The summed E-state index contributed by atoms with van der Waals surface area (Å²) in [4.78, 5) is 0. The lowest BCUT2D eigenvalue weighted by Crippen LogP contribution is -2.41. The lowest BCUT2D eigenvalue weighted by atomic mass is 10.1. The van der Waals surface area contributed by atoms with Crippen LogP contribution in [0.1, 0.15) is 194 Å². The van der Waals surface area contributed by atoms with Crippen LogP contribution in [0.25, 0.3) is 0 Å². The second-order valence-corrected chi connectivity index (χ2v) is 13.3. The Morgan fingerprint density at radius 3 is 0.821 bits per heavy atom. The summed E-state index contributed by atoms with van der Waals surface area (Å²) >= 11 is 0. The Balaban J connectivity index is 3.36. The summed E-state index contributed by atoms with van der Waals surface area (Å²) in [6.45, 7) is 7.33. The van der Waals surface area contributed by atoms with E-state index >= 15 is 0 Å². The minimum Gasteiger partial charge on any atom is -0.328 e. The first-order valence-electron chi connectivity index (χ1n) is 18.2. The molecule has 0 spiro atoms. The first kappa shape index (κ1) is 38.4. The molecule has 0 rings (SSSR count). The maximum atomic E-state index is 2.45. The fourth-order valence-electron chi connectivity index (χ4n) is 5.69. The summed E-state index contributed by atoms with van der Waals surface area (Å²) in [6.07, 6.45) is 49.0. The van der Waals surface area contributed by atoms with Gasteiger partial charge < -0.3 is 4.48 Å². The van der Waals surface area contributed by atoms with Crippen LogP contribution in [0.15, 0.2) is 24.3 Å². The number of hydrogen-bond acceptors (Lipinski definition) is 0. The zero-order valence-electron chi connectivity index (χ0n) is 28.0. The Labute approximate surface area is 249 Å². The highest BCUT2D eigenvalue weighted by Crippen LogP contribution is 2.14. The predicted octanol–water partition coefficient (Wildman–Crippen LogP) is 13.1. The van der Waals surface area contributed by atoms with Crippen LogP contribution in [0.2, 0.25) is 0 Å². The predicted molar refractivity (Wildman–Crippen MR) is 181 cm³/mol. The highest BCUT2D eigenvalue weighted by atomic mass is 15.3. The third-order valence-electron chi connectivity index (χ3n) is 8.55. The van der Waals surface area contributed by atoms with Crippen molar-refractivity contribution in [3.05, 3.63) is 24.3 Å². The molecule has 232 valence electrons. The Kier molecular flexibility index (Phi) is 31.5. The summed E-state index contributed by atoms with van der Waals surface area (Å²) in [5.41, 5.74) is 0. The van der Waals surface area contributed by atoms with Gasteiger partial charge in [0.25, 0.3) is 0 Å². The zero-order chi connectivity index (χ0) is 28.5. The molecule has 0 radical (unpaired) electrons. The summed E-state index contributed by atoms with van der Waals surface area (Å²) in [5, 5.41) is 0. The maximum absolute atomic E-state index is 2.45. The molecule has 1 nitrogen and oxygen atoms in total. The average molecular weight is 547 g/mol. The summed E-state index contributed by atoms with van der Waals surface area (Å²) in [7, 11) is 4.91. The van der Waals surface area contributed by atoms with E-state index in [1.165, 1.54) is 197 Å². The van der Waals surface area contributed by atoms with Crippen molar-refractivity contribution >= 4 is 0 Å². The molecule has 0 saturated carbocycles. The van der Waals surface area contributed by atoms with Gasteiger partial charge in [-0.1, -0.05) is 141 Å². The van der Waals surface area contributed by atoms with Crippen LogP contribution in [0.5, 0.6) is 0 Å². The molecular formula is C38H76N+. The second-order valence-electron chi connectivity index (χ2n) is 13.3. The first-order chi connectivity index (χ1) is 19.1. The van der Waals surface area contributed by atoms with E-state index < -0.39 is 0 Å². The standard InChI is InChI=1S/C38H76N/c1-5-7-9-11-13-15-17-19-21-23-25-27-29-31-33-35-37-39(3,4)38-36-34-32-30-28-26-24-22-20-18-16-14-12-10-8-6-2/h19-22H,5-18,23-38H2,1-4H3/q+1. The molecule has 0 unspecified atom stereocenters. The molecule has 0 aromatic carbocycles. The van der Waals surface area contributed by atoms with Gasteiger partial charge in [0.1, 0.15) is 0 Å². The van der Waals surface area contributed by atoms with Crippen molar-refractivity contribution in [2.45, 2.75) is 194 Å². The summed E-state index contributed by atoms with van der Waals surface area (Å²) in [5.74, 6) is 0. The van der Waals surface area contributed by atoms with Crippen molar-refractivity contribution in [3.8, 4) is 0 Å². The highest BCUT2D eigenvalue weighted by Gasteiger charge is 2.13. The molecule has 0 saturated heterocycles. The molecule has 0 atom stereocenters. The van der Waals surface area contributed by atoms with Gasteiger partial charge in [-0.15, -0.1) is 0 Å². The smallest absolute Gasteiger partial charge is 0.0782 e. The minimum atomic E-state index is 1.23. The van der Waals surface area contributed by atoms with E-state index in [0.29, 0.717) is 0 Å². The Morgan fingerprint density at radius 2 is 0.538 bits per heavy atom. The molecule has 0 amide bonds. The van der Waals surface area contributed by atoms with Crippen LogP contribution >= 0.6 is 0 Å². The van der Waals surface area contributed by atoms with E-state index in [0.717, 1.165) is 0 Å². The van der Waals surface area contributed by atoms with Gasteiger partial charge in [0.15, 0.2) is 0 Å². The molecular weight excluding hydrogens is 470 g/mol. The normalized spacial score (nSPS) is 12.4. The highest BCUT2D eigenvalue weighted by molar-refractivity contribution is 4.82. The average Bonchev–Trinajstić information content (AvgIpc) is 2.92. The van der Waals surface area contributed by atoms with Crippen LogP contribution in [0, 0.1) is 0 Å². The topological polar surface area (TPSA) is 0 Å². The largest absolute Gasteiger partial charge is 0.328 e. The first-order valence-corrected chi connectivity index (χ1v) is 18.2. The van der Waals surface area contributed by atoms with Crippen molar-refractivity contribution in [1.82, 2.24) is 0 Å². The fourth-order valence-corrected chi connectivity index (χ4v) is 5.69. The molecule has 39 heavy (non-hydrogen) atoms. The Hall–Kier alpha value is -0.560. The maximum Gasteiger partial charge on any atom is 0.0782 e. The van der Waals surface area contributed by atoms with E-state index in [1.54, 1.807) is 0 Å². The van der Waals surface area contributed by atoms with Gasteiger partial charge in [0.2, 0.25) is 0 Å². The molecule has 1 heteroatoms. The van der Waals surface area contributed by atoms with E-state index in [4.69, 9.17) is 0 Å². The van der Waals surface area contributed by atoms with E-state index in [1.807, 2.05) is 0 Å². The number of hydrogen-bond donors (Lipinski definition) is 0. The quantitative estimate of drug-likeness (QED) is 0.0447. The van der Waals surface area contributed by atoms with Gasteiger partial charge in [-0.05, 0) is 77.0 Å². The van der Waals surface area contributed by atoms with Crippen molar-refractivity contribution in [2.24, 2.45) is 0 Å². The van der Waals surface area contributed by atoms with Gasteiger partial charge in [0, 0.05) is 0 Å². The fraction of sp³-hybridized carbons (Fsp3) is 0.895.